The van der Waals surface area contributed by atoms with E-state index in [1.165, 1.54) is 0 Å². The maximum absolute atomic E-state index is 14.2. The number of benzene rings is 3. The van der Waals surface area contributed by atoms with E-state index in [1.807, 2.05) is 79.7 Å². The van der Waals surface area contributed by atoms with Crippen molar-refractivity contribution in [3.63, 3.8) is 0 Å². The monoisotopic (exact) mass is 632 g/mol. The minimum atomic E-state index is -3.87. The Bertz CT molecular complexity index is 1670. The predicted octanol–water partition coefficient (Wildman–Crippen LogP) is 4.47. The summed E-state index contributed by atoms with van der Waals surface area (Å²) in [6, 6.07) is 22.1. The first-order valence-corrected chi connectivity index (χ1v) is 17.2. The highest BCUT2D eigenvalue weighted by Gasteiger charge is 2.50. The van der Waals surface area contributed by atoms with E-state index < -0.39 is 33.1 Å². The van der Waals surface area contributed by atoms with Crippen LogP contribution in [0, 0.1) is 0 Å². The molecule has 0 radical (unpaired) electrons. The van der Waals surface area contributed by atoms with Gasteiger partial charge < -0.3 is 20.7 Å². The molecule has 9 nitrogen and oxygen atoms in total. The molecule has 0 aromatic heterocycles. The second-order valence-electron chi connectivity index (χ2n) is 12.7. The molecule has 240 valence electrons. The van der Waals surface area contributed by atoms with Crippen LogP contribution in [-0.2, 0) is 31.0 Å². The van der Waals surface area contributed by atoms with Crippen molar-refractivity contribution in [1.29, 1.82) is 0 Å². The molecule has 1 atom stereocenters. The summed E-state index contributed by atoms with van der Waals surface area (Å²) in [7, 11) is -3.87. The molecule has 45 heavy (non-hydrogen) atoms. The number of hydrogen-bond acceptors (Lipinski definition) is 6. The fraction of sp³-hybridized carbons (Fsp3) is 0.429. The van der Waals surface area contributed by atoms with E-state index in [2.05, 4.69) is 10.0 Å². The Labute approximate surface area is 266 Å². The standard InChI is InChI=1S/C35H44N4O5S/c1-4-39(32(40)30(37-33(41)34(2,3)36)24-44-23-25-13-7-5-8-14-25)22-29-31(28-18-17-26-15-9-10-16-27(26)21-28)45(42,43)38-35(29)19-11-6-12-20-35/h5,7-10,13-18,21,30,38H,4,6,11-12,19-20,22-24,36H2,1-3H3,(H,37,41)/t30-/m1/s1. The normalized spacial score (nSPS) is 18.2. The van der Waals surface area contributed by atoms with Gasteiger partial charge in [0, 0.05) is 13.1 Å². The first-order valence-electron chi connectivity index (χ1n) is 15.7. The Hall–Kier alpha value is -3.57. The van der Waals surface area contributed by atoms with Gasteiger partial charge in [-0.1, -0.05) is 86.0 Å². The summed E-state index contributed by atoms with van der Waals surface area (Å²) in [6.07, 6.45) is 4.11. The highest BCUT2D eigenvalue weighted by atomic mass is 32.2. The predicted molar refractivity (Wildman–Crippen MR) is 177 cm³/mol. The van der Waals surface area contributed by atoms with Gasteiger partial charge in [0.15, 0.2) is 0 Å². The van der Waals surface area contributed by atoms with Crippen molar-refractivity contribution >= 4 is 37.5 Å². The van der Waals surface area contributed by atoms with Crippen LogP contribution in [0.15, 0.2) is 78.4 Å². The van der Waals surface area contributed by atoms with Crippen molar-refractivity contribution in [2.24, 2.45) is 5.73 Å². The van der Waals surface area contributed by atoms with E-state index >= 15 is 0 Å². The van der Waals surface area contributed by atoms with E-state index in [0.717, 1.165) is 35.6 Å². The summed E-state index contributed by atoms with van der Waals surface area (Å²) in [4.78, 5) is 29.1. The third kappa shape index (κ3) is 7.30. The molecule has 0 bridgehead atoms. The van der Waals surface area contributed by atoms with Crippen LogP contribution in [0.5, 0.6) is 0 Å². The minimum absolute atomic E-state index is 0.0652. The number of nitrogens with one attached hydrogen (secondary N) is 2. The molecule has 1 spiro atoms. The topological polar surface area (TPSA) is 131 Å². The fourth-order valence-electron chi connectivity index (χ4n) is 6.34. The van der Waals surface area contributed by atoms with Crippen molar-refractivity contribution in [1.82, 2.24) is 14.9 Å². The number of hydrogen-bond donors (Lipinski definition) is 3. The molecule has 4 N–H and O–H groups in total. The fourth-order valence-corrected chi connectivity index (χ4v) is 8.30. The number of likely N-dealkylation sites (N-methyl/N-ethyl adjacent to an activating group) is 1. The molecule has 1 aliphatic heterocycles. The van der Waals surface area contributed by atoms with Gasteiger partial charge in [0.25, 0.3) is 0 Å². The molecule has 2 aliphatic rings. The minimum Gasteiger partial charge on any atom is -0.374 e. The van der Waals surface area contributed by atoms with E-state index in [9.17, 15) is 18.0 Å². The van der Waals surface area contributed by atoms with Gasteiger partial charge in [-0.15, -0.1) is 0 Å². The zero-order valence-electron chi connectivity index (χ0n) is 26.3. The smallest absolute Gasteiger partial charge is 0.247 e. The largest absolute Gasteiger partial charge is 0.374 e. The van der Waals surface area contributed by atoms with E-state index in [-0.39, 0.29) is 30.6 Å². The number of nitrogens with two attached hydrogens (primary N) is 1. The number of fused-ring (bicyclic) bond motifs is 1. The van der Waals surface area contributed by atoms with Crippen molar-refractivity contribution in [3.8, 4) is 0 Å². The Morgan fingerprint density at radius 1 is 1.00 bits per heavy atom. The number of amides is 2. The van der Waals surface area contributed by atoms with Gasteiger partial charge in [0.2, 0.25) is 21.8 Å². The first-order chi connectivity index (χ1) is 21.4. The quantitative estimate of drug-likeness (QED) is 0.286. The van der Waals surface area contributed by atoms with Crippen LogP contribution in [0.25, 0.3) is 15.7 Å². The van der Waals surface area contributed by atoms with Gasteiger partial charge in [0.05, 0.1) is 29.2 Å². The first kappa shape index (κ1) is 32.8. The second kappa shape index (κ2) is 13.4. The number of carbonyl (C=O) groups excluding carboxylic acids is 2. The van der Waals surface area contributed by atoms with Gasteiger partial charge in [-0.2, -0.15) is 0 Å². The van der Waals surface area contributed by atoms with Gasteiger partial charge in [-0.3, -0.25) is 9.59 Å². The summed E-state index contributed by atoms with van der Waals surface area (Å²) in [5.41, 5.74) is 6.33. The summed E-state index contributed by atoms with van der Waals surface area (Å²) in [5.74, 6) is -0.839. The molecule has 1 aliphatic carbocycles. The molecule has 1 saturated carbocycles. The van der Waals surface area contributed by atoms with Gasteiger partial charge in [-0.25, -0.2) is 13.1 Å². The molecule has 1 fully saturated rings. The lowest BCUT2D eigenvalue weighted by Gasteiger charge is -2.38. The maximum Gasteiger partial charge on any atom is 0.247 e. The Kier molecular flexibility index (Phi) is 9.79. The van der Waals surface area contributed by atoms with Gasteiger partial charge in [-0.05, 0) is 67.2 Å². The average Bonchev–Trinajstić information content (AvgIpc) is 3.23. The Morgan fingerprint density at radius 3 is 2.33 bits per heavy atom. The van der Waals surface area contributed by atoms with Crippen molar-refractivity contribution < 1.29 is 22.7 Å². The molecule has 5 rings (SSSR count). The molecular weight excluding hydrogens is 588 g/mol. The summed E-state index contributed by atoms with van der Waals surface area (Å²) in [6.45, 7) is 5.62. The van der Waals surface area contributed by atoms with Gasteiger partial charge >= 0.3 is 0 Å². The molecule has 0 saturated heterocycles. The van der Waals surface area contributed by atoms with Crippen LogP contribution in [0.1, 0.15) is 64.0 Å². The van der Waals surface area contributed by atoms with E-state index in [1.54, 1.807) is 18.7 Å². The Morgan fingerprint density at radius 2 is 1.67 bits per heavy atom. The number of nitrogens with zero attached hydrogens (tertiary/aromatic N) is 1. The Balaban J connectivity index is 1.51. The SMILES string of the molecule is CCN(CC1=C(c2ccc3ccccc3c2)S(=O)(=O)NC12CCCCC2)C(=O)[C@@H](COCc1ccccc1)NC(=O)C(C)(C)N. The number of rotatable bonds is 11. The number of ether oxygens (including phenoxy) is 1. The van der Waals surface area contributed by atoms with Crippen LogP contribution in [-0.4, -0.2) is 61.9 Å². The molecule has 1 heterocycles. The molecular formula is C35H44N4O5S. The summed E-state index contributed by atoms with van der Waals surface area (Å²) < 4.78 is 36.8. The lowest BCUT2D eigenvalue weighted by atomic mass is 9.76. The number of carbonyl (C=O) groups is 2. The number of sulfonamides is 1. The molecule has 3 aromatic carbocycles. The lowest BCUT2D eigenvalue weighted by Crippen LogP contribution is -2.58. The summed E-state index contributed by atoms with van der Waals surface area (Å²) in [5, 5.41) is 4.76. The van der Waals surface area contributed by atoms with Crippen LogP contribution in [0.2, 0.25) is 0 Å². The molecule has 3 aromatic rings. The highest BCUT2D eigenvalue weighted by Crippen LogP contribution is 2.46. The third-order valence-electron chi connectivity index (χ3n) is 8.80. The van der Waals surface area contributed by atoms with E-state index in [0.29, 0.717) is 30.5 Å². The maximum atomic E-state index is 14.2. The van der Waals surface area contributed by atoms with Crippen molar-refractivity contribution in [2.75, 3.05) is 19.7 Å². The van der Waals surface area contributed by atoms with Crippen LogP contribution in [0.3, 0.4) is 0 Å². The highest BCUT2D eigenvalue weighted by molar-refractivity contribution is 7.99. The second-order valence-corrected chi connectivity index (χ2v) is 14.3. The third-order valence-corrected chi connectivity index (χ3v) is 10.5. The lowest BCUT2D eigenvalue weighted by molar-refractivity contribution is -0.139. The molecule has 0 unspecified atom stereocenters. The molecule has 2 amide bonds. The van der Waals surface area contributed by atoms with Crippen LogP contribution in [0.4, 0.5) is 0 Å². The molecule has 10 heteroatoms. The summed E-state index contributed by atoms with van der Waals surface area (Å²) >= 11 is 0. The van der Waals surface area contributed by atoms with Crippen LogP contribution >= 0.6 is 0 Å². The van der Waals surface area contributed by atoms with Crippen molar-refractivity contribution in [2.45, 2.75) is 76.6 Å². The van der Waals surface area contributed by atoms with Crippen LogP contribution < -0.4 is 15.8 Å². The zero-order valence-corrected chi connectivity index (χ0v) is 27.2. The van der Waals surface area contributed by atoms with E-state index in [4.69, 9.17) is 10.5 Å². The average molecular weight is 633 g/mol. The zero-order chi connectivity index (χ0) is 32.2. The van der Waals surface area contributed by atoms with Gasteiger partial charge in [0.1, 0.15) is 6.04 Å². The van der Waals surface area contributed by atoms with Crippen molar-refractivity contribution in [3.05, 3.63) is 89.5 Å².